The van der Waals surface area contributed by atoms with Gasteiger partial charge < -0.3 is 14.0 Å². The van der Waals surface area contributed by atoms with Crippen LogP contribution < -0.4 is 10.1 Å². The maximum absolute atomic E-state index is 12.3. The van der Waals surface area contributed by atoms with Gasteiger partial charge in [-0.05, 0) is 68.4 Å². The molecule has 0 unspecified atom stereocenters. The van der Waals surface area contributed by atoms with E-state index >= 15 is 0 Å². The van der Waals surface area contributed by atoms with Gasteiger partial charge in [0.1, 0.15) is 24.0 Å². The van der Waals surface area contributed by atoms with Gasteiger partial charge in [0.25, 0.3) is 5.88 Å². The van der Waals surface area contributed by atoms with Crippen LogP contribution in [0.2, 0.25) is 0 Å². The Hall–Kier alpha value is -4.89. The summed E-state index contributed by atoms with van der Waals surface area (Å²) in [5.41, 5.74) is 3.88. The highest BCUT2D eigenvalue weighted by atomic mass is 16.6. The zero-order valence-electron chi connectivity index (χ0n) is 20.7. The van der Waals surface area contributed by atoms with Crippen molar-refractivity contribution in [3.63, 3.8) is 0 Å². The number of amides is 1. The van der Waals surface area contributed by atoms with Crippen LogP contribution in [0.1, 0.15) is 49.9 Å². The molecular weight excluding hydrogens is 480 g/mol. The molecule has 2 aliphatic carbocycles. The minimum absolute atomic E-state index is 0.0870. The standard InChI is InChI=1S/C29H24N6O3/c1-17(18-2-3-18)37-29(36)34-20-6-4-19(5-7-20)27-24(15-30)23-11-10-22(14-26(23)35(27)21-8-9-21)38-28-25(16-31)32-12-13-33-28/h4-7,10-14,17-18,21H,2-3,8-9H2,1H3,(H,34,36)/t17-/m1/s1. The topological polar surface area (TPSA) is 126 Å². The first-order valence-electron chi connectivity index (χ1n) is 12.6. The molecule has 2 aliphatic rings. The third kappa shape index (κ3) is 4.51. The van der Waals surface area contributed by atoms with E-state index in [-0.39, 0.29) is 23.7 Å². The second-order valence-electron chi connectivity index (χ2n) is 9.69. The molecule has 188 valence electrons. The number of fused-ring (bicyclic) bond motifs is 1. The van der Waals surface area contributed by atoms with Crippen LogP contribution in [-0.4, -0.2) is 26.7 Å². The Balaban J connectivity index is 1.33. The van der Waals surface area contributed by atoms with Crippen molar-refractivity contribution in [2.45, 2.75) is 44.8 Å². The lowest BCUT2D eigenvalue weighted by Gasteiger charge is -2.14. The summed E-state index contributed by atoms with van der Waals surface area (Å²) in [6, 6.07) is 17.6. The summed E-state index contributed by atoms with van der Waals surface area (Å²) in [6.07, 6.45) is 6.60. The van der Waals surface area contributed by atoms with E-state index in [0.29, 0.717) is 22.9 Å². The predicted octanol–water partition coefficient (Wildman–Crippen LogP) is 6.32. The number of nitrogens with one attached hydrogen (secondary N) is 1. The van der Waals surface area contributed by atoms with Crippen LogP contribution in [0.3, 0.4) is 0 Å². The number of carbonyl (C=O) groups excluding carboxylic acids is 1. The molecule has 2 aromatic heterocycles. The van der Waals surface area contributed by atoms with Crippen LogP contribution in [-0.2, 0) is 4.74 Å². The number of ether oxygens (including phenoxy) is 2. The molecule has 2 saturated carbocycles. The Kier molecular flexibility index (Phi) is 5.89. The van der Waals surface area contributed by atoms with Crippen LogP contribution >= 0.6 is 0 Å². The molecule has 1 amide bonds. The van der Waals surface area contributed by atoms with Gasteiger partial charge in [0.2, 0.25) is 5.69 Å². The second-order valence-corrected chi connectivity index (χ2v) is 9.69. The molecule has 1 atom stereocenters. The molecule has 2 aromatic carbocycles. The van der Waals surface area contributed by atoms with Gasteiger partial charge in [0.15, 0.2) is 0 Å². The fourth-order valence-corrected chi connectivity index (χ4v) is 4.74. The van der Waals surface area contributed by atoms with Crippen molar-refractivity contribution in [3.8, 4) is 35.0 Å². The first-order chi connectivity index (χ1) is 18.6. The maximum Gasteiger partial charge on any atom is 0.411 e. The lowest BCUT2D eigenvalue weighted by atomic mass is 10.1. The van der Waals surface area contributed by atoms with Crippen molar-refractivity contribution < 1.29 is 14.3 Å². The summed E-state index contributed by atoms with van der Waals surface area (Å²) < 4.78 is 13.6. The number of rotatable bonds is 7. The summed E-state index contributed by atoms with van der Waals surface area (Å²) in [4.78, 5) is 20.4. The van der Waals surface area contributed by atoms with Gasteiger partial charge in [0.05, 0.1) is 16.8 Å². The highest BCUT2D eigenvalue weighted by Crippen LogP contribution is 2.45. The molecule has 0 spiro atoms. The Morgan fingerprint density at radius 1 is 1.05 bits per heavy atom. The molecule has 0 radical (unpaired) electrons. The van der Waals surface area contributed by atoms with Gasteiger partial charge in [-0.2, -0.15) is 10.5 Å². The molecule has 0 saturated heterocycles. The van der Waals surface area contributed by atoms with Gasteiger partial charge in [-0.25, -0.2) is 14.8 Å². The van der Waals surface area contributed by atoms with E-state index in [4.69, 9.17) is 9.47 Å². The van der Waals surface area contributed by atoms with Gasteiger partial charge >= 0.3 is 6.09 Å². The largest absolute Gasteiger partial charge is 0.446 e. The van der Waals surface area contributed by atoms with Crippen LogP contribution in [0.4, 0.5) is 10.5 Å². The quantitative estimate of drug-likeness (QED) is 0.312. The van der Waals surface area contributed by atoms with E-state index in [1.165, 1.54) is 12.4 Å². The molecule has 2 heterocycles. The van der Waals surface area contributed by atoms with E-state index < -0.39 is 6.09 Å². The minimum Gasteiger partial charge on any atom is -0.446 e. The van der Waals surface area contributed by atoms with Crippen molar-refractivity contribution in [1.29, 1.82) is 10.5 Å². The number of anilines is 1. The summed E-state index contributed by atoms with van der Waals surface area (Å²) in [5.74, 6) is 1.10. The molecule has 1 N–H and O–H groups in total. The van der Waals surface area contributed by atoms with E-state index in [0.717, 1.165) is 47.8 Å². The van der Waals surface area contributed by atoms with Crippen molar-refractivity contribution in [1.82, 2.24) is 14.5 Å². The van der Waals surface area contributed by atoms with Gasteiger partial charge in [0, 0.05) is 35.6 Å². The molecular formula is C29H24N6O3. The zero-order chi connectivity index (χ0) is 26.2. The van der Waals surface area contributed by atoms with Crippen LogP contribution in [0.25, 0.3) is 22.2 Å². The average Bonchev–Trinajstić information content (AvgIpc) is 3.86. The van der Waals surface area contributed by atoms with Gasteiger partial charge in [-0.1, -0.05) is 12.1 Å². The zero-order valence-corrected chi connectivity index (χ0v) is 20.7. The Morgan fingerprint density at radius 2 is 1.82 bits per heavy atom. The summed E-state index contributed by atoms with van der Waals surface area (Å²) in [7, 11) is 0. The molecule has 9 nitrogen and oxygen atoms in total. The fourth-order valence-electron chi connectivity index (χ4n) is 4.74. The second kappa shape index (κ2) is 9.53. The van der Waals surface area contributed by atoms with E-state index in [1.807, 2.05) is 49.4 Å². The number of benzene rings is 2. The molecule has 0 bridgehead atoms. The van der Waals surface area contributed by atoms with Gasteiger partial charge in [-0.3, -0.25) is 5.32 Å². The van der Waals surface area contributed by atoms with Crippen molar-refractivity contribution in [2.24, 2.45) is 5.92 Å². The molecule has 0 aliphatic heterocycles. The van der Waals surface area contributed by atoms with Crippen LogP contribution in [0.15, 0.2) is 54.9 Å². The summed E-state index contributed by atoms with van der Waals surface area (Å²) in [6.45, 7) is 1.92. The fraction of sp³-hybridized carbons (Fsp3) is 0.276. The monoisotopic (exact) mass is 504 g/mol. The minimum atomic E-state index is -0.461. The Morgan fingerprint density at radius 3 is 2.50 bits per heavy atom. The molecule has 38 heavy (non-hydrogen) atoms. The first-order valence-corrected chi connectivity index (χ1v) is 12.6. The number of hydrogen-bond donors (Lipinski definition) is 1. The summed E-state index contributed by atoms with van der Waals surface area (Å²) in [5, 5.41) is 23.1. The van der Waals surface area contributed by atoms with E-state index in [2.05, 4.69) is 25.9 Å². The van der Waals surface area contributed by atoms with Crippen molar-refractivity contribution in [3.05, 3.63) is 66.1 Å². The molecule has 4 aromatic rings. The van der Waals surface area contributed by atoms with Crippen LogP contribution in [0.5, 0.6) is 11.6 Å². The van der Waals surface area contributed by atoms with Crippen molar-refractivity contribution in [2.75, 3.05) is 5.32 Å². The Labute approximate surface area is 219 Å². The van der Waals surface area contributed by atoms with Crippen LogP contribution in [0, 0.1) is 28.6 Å². The third-order valence-corrected chi connectivity index (χ3v) is 6.97. The molecule has 2 fully saturated rings. The smallest absolute Gasteiger partial charge is 0.411 e. The van der Waals surface area contributed by atoms with Crippen molar-refractivity contribution >= 4 is 22.7 Å². The Bertz CT molecular complexity index is 1620. The number of aromatic nitrogens is 3. The highest BCUT2D eigenvalue weighted by Gasteiger charge is 2.32. The number of nitriles is 2. The lowest BCUT2D eigenvalue weighted by molar-refractivity contribution is 0.108. The van der Waals surface area contributed by atoms with E-state index in [1.54, 1.807) is 6.07 Å². The normalized spacial score (nSPS) is 15.3. The predicted molar refractivity (Wildman–Crippen MR) is 139 cm³/mol. The highest BCUT2D eigenvalue weighted by molar-refractivity contribution is 5.96. The molecule has 9 heteroatoms. The SMILES string of the molecule is C[C@@H](OC(=O)Nc1ccc(-c2c(C#N)c3ccc(Oc4nccnc4C#N)cc3n2C2CC2)cc1)C1CC1. The number of hydrogen-bond acceptors (Lipinski definition) is 7. The molecule has 6 rings (SSSR count). The first kappa shape index (κ1) is 23.5. The number of nitrogens with zero attached hydrogens (tertiary/aromatic N) is 5. The van der Waals surface area contributed by atoms with Gasteiger partial charge in [-0.15, -0.1) is 0 Å². The van der Waals surface area contributed by atoms with E-state index in [9.17, 15) is 15.3 Å². The average molecular weight is 505 g/mol. The third-order valence-electron chi connectivity index (χ3n) is 6.97. The lowest BCUT2D eigenvalue weighted by Crippen LogP contribution is -2.21. The summed E-state index contributed by atoms with van der Waals surface area (Å²) >= 11 is 0. The maximum atomic E-state index is 12.3. The number of carbonyl (C=O) groups is 1.